The van der Waals surface area contributed by atoms with Crippen molar-refractivity contribution in [3.63, 3.8) is 0 Å². The van der Waals surface area contributed by atoms with Crippen LogP contribution in [-0.4, -0.2) is 46.4 Å². The highest BCUT2D eigenvalue weighted by Gasteiger charge is 2.17. The summed E-state index contributed by atoms with van der Waals surface area (Å²) in [7, 11) is 3.42. The van der Waals surface area contributed by atoms with Crippen LogP contribution in [0.5, 0.6) is 0 Å². The van der Waals surface area contributed by atoms with Crippen molar-refractivity contribution in [3.05, 3.63) is 102 Å². The molecule has 0 bridgehead atoms. The number of para-hydroxylation sites is 1. The molecule has 0 saturated carbocycles. The molecule has 0 fully saturated rings. The van der Waals surface area contributed by atoms with E-state index in [9.17, 15) is 13.2 Å². The average molecular weight is 607 g/mol. The van der Waals surface area contributed by atoms with Crippen LogP contribution in [0.2, 0.25) is 0 Å². The first-order chi connectivity index (χ1) is 20.5. The van der Waals surface area contributed by atoms with Gasteiger partial charge in [-0.25, -0.2) is 13.2 Å². The van der Waals surface area contributed by atoms with E-state index in [1.807, 2.05) is 45.0 Å². The van der Waals surface area contributed by atoms with E-state index in [4.69, 9.17) is 9.53 Å². The standard InChI is InChI=1S/C31H45F3N2O.C2H4O2.C2H4/c1-9-25(21-36(8)27-15-13-12-14-16-27)17-18-35-20-26(19-28(10-2)37-22(4)5)23(6)29(11-3)31(34)30(33)24(7)32;1-4-2-3;1-2/h11-16,19,22,25,35H,3,9-10,17-18,20-21H2,1-2,4-8H3;2H,1H3;1-2H2/b26-23-,28-19+,30-24-,31-29-;;. The van der Waals surface area contributed by atoms with Crippen LogP contribution in [0.25, 0.3) is 0 Å². The molecule has 242 valence electrons. The van der Waals surface area contributed by atoms with Crippen molar-refractivity contribution in [2.75, 3.05) is 38.7 Å². The van der Waals surface area contributed by atoms with Crippen molar-refractivity contribution in [2.24, 2.45) is 5.92 Å². The van der Waals surface area contributed by atoms with Crippen molar-refractivity contribution in [3.8, 4) is 0 Å². The molecule has 0 aromatic heterocycles. The average Bonchev–Trinajstić information content (AvgIpc) is 3.02. The van der Waals surface area contributed by atoms with E-state index in [1.165, 1.54) is 18.9 Å². The fourth-order valence-electron chi connectivity index (χ4n) is 3.99. The number of ether oxygens (including phenoxy) is 2. The highest BCUT2D eigenvalue weighted by Crippen LogP contribution is 2.29. The summed E-state index contributed by atoms with van der Waals surface area (Å²) < 4.78 is 52.0. The van der Waals surface area contributed by atoms with E-state index in [0.717, 1.165) is 44.2 Å². The lowest BCUT2D eigenvalue weighted by molar-refractivity contribution is -0.126. The number of halogens is 3. The maximum absolute atomic E-state index is 14.8. The van der Waals surface area contributed by atoms with Gasteiger partial charge < -0.3 is 19.7 Å². The van der Waals surface area contributed by atoms with Gasteiger partial charge in [0.25, 0.3) is 6.47 Å². The predicted molar refractivity (Wildman–Crippen MR) is 176 cm³/mol. The number of hydrogen-bond donors (Lipinski definition) is 1. The van der Waals surface area contributed by atoms with Gasteiger partial charge >= 0.3 is 0 Å². The summed E-state index contributed by atoms with van der Waals surface area (Å²) in [6, 6.07) is 10.3. The Hall–Kier alpha value is -3.52. The molecule has 1 aromatic rings. The van der Waals surface area contributed by atoms with E-state index in [1.54, 1.807) is 6.92 Å². The molecule has 0 spiro atoms. The first-order valence-electron chi connectivity index (χ1n) is 14.5. The van der Waals surface area contributed by atoms with Gasteiger partial charge in [-0.2, -0.15) is 0 Å². The van der Waals surface area contributed by atoms with Crippen LogP contribution in [0, 0.1) is 5.92 Å². The number of allylic oxidation sites excluding steroid dienone is 7. The number of nitrogens with zero attached hydrogens (tertiary/aromatic N) is 1. The molecule has 1 rings (SSSR count). The van der Waals surface area contributed by atoms with Gasteiger partial charge in [0, 0.05) is 37.8 Å². The number of methoxy groups -OCH3 is 1. The highest BCUT2D eigenvalue weighted by atomic mass is 19.2. The minimum absolute atomic E-state index is 0.0200. The minimum atomic E-state index is -1.51. The molecular formula is C35H53F3N2O3. The maximum atomic E-state index is 14.8. The SMILES string of the molecule is C=C.C=CC(/C(C)=C(/C=C(\CC)OC(C)C)CNCCC(CC)CN(C)c1ccccc1)=C(F)\C(F)=C(/C)F.COC=O. The number of anilines is 1. The Kier molecular flexibility index (Phi) is 24.2. The summed E-state index contributed by atoms with van der Waals surface area (Å²) >= 11 is 0. The molecule has 8 heteroatoms. The summed E-state index contributed by atoms with van der Waals surface area (Å²) in [4.78, 5) is 11.2. The summed E-state index contributed by atoms with van der Waals surface area (Å²) in [5.74, 6) is -2.73. The zero-order chi connectivity index (χ0) is 33.4. The maximum Gasteiger partial charge on any atom is 0.292 e. The molecule has 0 aliphatic rings. The quantitative estimate of drug-likeness (QED) is 0.0630. The third-order valence-corrected chi connectivity index (χ3v) is 6.34. The van der Waals surface area contributed by atoms with Gasteiger partial charge in [-0.3, -0.25) is 4.79 Å². The molecule has 1 unspecified atom stereocenters. The molecule has 0 amide bonds. The molecule has 0 saturated heterocycles. The molecule has 1 atom stereocenters. The molecule has 1 aromatic carbocycles. The normalized spacial score (nSPS) is 13.5. The second-order valence-electron chi connectivity index (χ2n) is 9.85. The minimum Gasteiger partial charge on any atom is -0.495 e. The number of benzene rings is 1. The number of carbonyl (C=O) groups is 1. The molecular weight excluding hydrogens is 553 g/mol. The van der Waals surface area contributed by atoms with Gasteiger partial charge in [0.1, 0.15) is 5.83 Å². The second-order valence-corrected chi connectivity index (χ2v) is 9.85. The summed E-state index contributed by atoms with van der Waals surface area (Å²) in [5.41, 5.74) is 2.33. The fourth-order valence-corrected chi connectivity index (χ4v) is 3.99. The van der Waals surface area contributed by atoms with Crippen LogP contribution >= 0.6 is 0 Å². The zero-order valence-electron chi connectivity index (χ0n) is 27.4. The Morgan fingerprint density at radius 3 is 2.09 bits per heavy atom. The predicted octanol–water partition coefficient (Wildman–Crippen LogP) is 9.34. The third kappa shape index (κ3) is 17.3. The van der Waals surface area contributed by atoms with Gasteiger partial charge in [-0.1, -0.05) is 51.1 Å². The van der Waals surface area contributed by atoms with Crippen LogP contribution in [0.3, 0.4) is 0 Å². The van der Waals surface area contributed by atoms with E-state index in [0.29, 0.717) is 30.9 Å². The highest BCUT2D eigenvalue weighted by molar-refractivity contribution is 5.50. The Morgan fingerprint density at radius 1 is 1.07 bits per heavy atom. The van der Waals surface area contributed by atoms with Crippen molar-refractivity contribution in [1.82, 2.24) is 5.32 Å². The summed E-state index contributed by atoms with van der Waals surface area (Å²) in [6.45, 7) is 22.8. The number of hydrogen-bond acceptors (Lipinski definition) is 5. The van der Waals surface area contributed by atoms with Crippen molar-refractivity contribution in [2.45, 2.75) is 66.9 Å². The number of rotatable bonds is 17. The molecule has 5 nitrogen and oxygen atoms in total. The van der Waals surface area contributed by atoms with Crippen LogP contribution in [0.15, 0.2) is 102 Å². The van der Waals surface area contributed by atoms with Gasteiger partial charge in [-0.05, 0) is 75.9 Å². The lowest BCUT2D eigenvalue weighted by atomic mass is 9.98. The van der Waals surface area contributed by atoms with Crippen molar-refractivity contribution >= 4 is 12.2 Å². The molecule has 1 N–H and O–H groups in total. The van der Waals surface area contributed by atoms with E-state index in [-0.39, 0.29) is 11.7 Å². The summed E-state index contributed by atoms with van der Waals surface area (Å²) in [5, 5.41) is 3.46. The van der Waals surface area contributed by atoms with Crippen LogP contribution in [0.1, 0.15) is 60.8 Å². The van der Waals surface area contributed by atoms with Crippen LogP contribution < -0.4 is 10.2 Å². The van der Waals surface area contributed by atoms with Crippen molar-refractivity contribution < 1.29 is 27.4 Å². The molecule has 43 heavy (non-hydrogen) atoms. The van der Waals surface area contributed by atoms with Gasteiger partial charge in [0.05, 0.1) is 19.0 Å². The van der Waals surface area contributed by atoms with E-state index < -0.39 is 17.5 Å². The lowest BCUT2D eigenvalue weighted by Crippen LogP contribution is -2.28. The Morgan fingerprint density at radius 2 is 1.65 bits per heavy atom. The Balaban J connectivity index is 0. The van der Waals surface area contributed by atoms with Gasteiger partial charge in [0.15, 0.2) is 11.7 Å². The molecule has 0 aliphatic heterocycles. The van der Waals surface area contributed by atoms with Crippen molar-refractivity contribution in [1.29, 1.82) is 0 Å². The van der Waals surface area contributed by atoms with Crippen LogP contribution in [0.4, 0.5) is 18.9 Å². The Bertz CT molecular complexity index is 1060. The topological polar surface area (TPSA) is 50.8 Å². The van der Waals surface area contributed by atoms with Gasteiger partial charge in [0.2, 0.25) is 0 Å². The monoisotopic (exact) mass is 606 g/mol. The largest absolute Gasteiger partial charge is 0.495 e. The first-order valence-corrected chi connectivity index (χ1v) is 14.5. The second kappa shape index (κ2) is 25.0. The Labute approximate surface area is 258 Å². The first kappa shape index (κ1) is 41.6. The third-order valence-electron chi connectivity index (χ3n) is 6.34. The lowest BCUT2D eigenvalue weighted by Gasteiger charge is -2.25. The van der Waals surface area contributed by atoms with Gasteiger partial charge in [-0.15, -0.1) is 13.2 Å². The van der Waals surface area contributed by atoms with Crippen LogP contribution in [-0.2, 0) is 14.3 Å². The van der Waals surface area contributed by atoms with E-state index in [2.05, 4.69) is 60.8 Å². The zero-order valence-corrected chi connectivity index (χ0v) is 27.4. The summed E-state index contributed by atoms with van der Waals surface area (Å²) in [6.07, 6.45) is 5.72. The molecule has 0 heterocycles. The smallest absolute Gasteiger partial charge is 0.292 e. The fraction of sp³-hybridized carbons (Fsp3) is 0.457. The molecule has 0 aliphatic carbocycles. The number of carbonyl (C=O) groups excluding carboxylic acids is 1. The number of nitrogens with one attached hydrogen (secondary N) is 1. The van der Waals surface area contributed by atoms with E-state index >= 15 is 0 Å². The molecule has 0 radical (unpaired) electrons.